The Hall–Kier alpha value is -2.60. The van der Waals surface area contributed by atoms with E-state index < -0.39 is 0 Å². The molecule has 0 heterocycles. The number of benzene rings is 2. The van der Waals surface area contributed by atoms with E-state index in [2.05, 4.69) is 58.4 Å². The first-order valence-electron chi connectivity index (χ1n) is 9.71. The van der Waals surface area contributed by atoms with Crippen molar-refractivity contribution >= 4 is 6.08 Å². The van der Waals surface area contributed by atoms with Crippen LogP contribution in [0.1, 0.15) is 50.2 Å². The Morgan fingerprint density at radius 2 is 1.33 bits per heavy atom. The standard InChI is InChI=1S/C10H18.C8H8.C7H8.C2H4/c1-3-5-7-9-10-8-6-4-2;1-2-8-6-4-3-5-7-8;1-7-5-3-2-4-6-7;1-2/h3,5,7H,1,4,6,8-10H2,2H3;2-7H,1H2;2-6H,1H3;1-2H2/b7-5+;;;. The van der Waals surface area contributed by atoms with Crippen LogP contribution in [-0.4, -0.2) is 0 Å². The third-order valence-corrected chi connectivity index (χ3v) is 3.47. The summed E-state index contributed by atoms with van der Waals surface area (Å²) in [6.07, 6.45) is 14.5. The number of allylic oxidation sites excluding steroid dienone is 3. The highest BCUT2D eigenvalue weighted by molar-refractivity contribution is 5.45. The van der Waals surface area contributed by atoms with Crippen LogP contribution in [0, 0.1) is 6.92 Å². The van der Waals surface area contributed by atoms with E-state index in [0.717, 1.165) is 0 Å². The molecule has 2 rings (SSSR count). The zero-order valence-electron chi connectivity index (χ0n) is 17.4. The smallest absolute Gasteiger partial charge is 0.0263 e. The molecule has 0 heteroatoms. The van der Waals surface area contributed by atoms with Gasteiger partial charge in [0.1, 0.15) is 0 Å². The summed E-state index contributed by atoms with van der Waals surface area (Å²) < 4.78 is 0. The van der Waals surface area contributed by atoms with Crippen molar-refractivity contribution in [1.82, 2.24) is 0 Å². The van der Waals surface area contributed by atoms with Gasteiger partial charge < -0.3 is 0 Å². The third kappa shape index (κ3) is 21.4. The van der Waals surface area contributed by atoms with Crippen molar-refractivity contribution in [2.24, 2.45) is 0 Å². The Bertz CT molecular complexity index is 564. The molecule has 0 bridgehead atoms. The Balaban J connectivity index is 0. The second-order valence-corrected chi connectivity index (χ2v) is 5.78. The normalized spacial score (nSPS) is 8.81. The minimum atomic E-state index is 1.17. The van der Waals surface area contributed by atoms with Gasteiger partial charge in [-0.05, 0) is 25.3 Å². The van der Waals surface area contributed by atoms with Gasteiger partial charge in [-0.1, -0.05) is 130 Å². The van der Waals surface area contributed by atoms with Crippen LogP contribution in [0.2, 0.25) is 0 Å². The summed E-state index contributed by atoms with van der Waals surface area (Å²) in [5, 5.41) is 0. The lowest BCUT2D eigenvalue weighted by molar-refractivity contribution is 0.674. The van der Waals surface area contributed by atoms with Gasteiger partial charge in [0.15, 0.2) is 0 Å². The molecule has 27 heavy (non-hydrogen) atoms. The van der Waals surface area contributed by atoms with E-state index in [-0.39, 0.29) is 0 Å². The highest BCUT2D eigenvalue weighted by Crippen LogP contribution is 2.02. The average molecular weight is 363 g/mol. The number of rotatable bonds is 7. The second kappa shape index (κ2) is 23.4. The van der Waals surface area contributed by atoms with Crippen LogP contribution in [0.25, 0.3) is 6.08 Å². The van der Waals surface area contributed by atoms with Crippen molar-refractivity contribution in [2.75, 3.05) is 0 Å². The summed E-state index contributed by atoms with van der Waals surface area (Å²) in [5.41, 5.74) is 2.50. The van der Waals surface area contributed by atoms with E-state index in [1.54, 1.807) is 0 Å². The molecule has 2 aromatic rings. The Kier molecular flexibility index (Phi) is 23.1. The van der Waals surface area contributed by atoms with Gasteiger partial charge in [0, 0.05) is 0 Å². The van der Waals surface area contributed by atoms with Crippen LogP contribution in [0.4, 0.5) is 0 Å². The van der Waals surface area contributed by atoms with Crippen molar-refractivity contribution in [3.8, 4) is 0 Å². The van der Waals surface area contributed by atoms with E-state index in [4.69, 9.17) is 0 Å². The lowest BCUT2D eigenvalue weighted by Crippen LogP contribution is -1.72. The summed E-state index contributed by atoms with van der Waals surface area (Å²) in [6, 6.07) is 20.3. The van der Waals surface area contributed by atoms with Crippen LogP contribution in [0.15, 0.2) is 105 Å². The molecule has 0 aliphatic heterocycles. The number of aryl methyl sites for hydroxylation is 1. The van der Waals surface area contributed by atoms with Gasteiger partial charge in [0.2, 0.25) is 0 Å². The fourth-order valence-electron chi connectivity index (χ4n) is 2.00. The molecular formula is C27H38. The average Bonchev–Trinajstić information content (AvgIpc) is 2.74. The molecule has 0 spiro atoms. The van der Waals surface area contributed by atoms with Crippen molar-refractivity contribution in [3.05, 3.63) is 116 Å². The molecule has 0 unspecified atom stereocenters. The third-order valence-electron chi connectivity index (χ3n) is 3.47. The summed E-state index contributed by atoms with van der Waals surface area (Å²) in [5.74, 6) is 0. The fraction of sp³-hybridized carbons (Fsp3) is 0.259. The van der Waals surface area contributed by atoms with E-state index in [1.807, 2.05) is 66.8 Å². The van der Waals surface area contributed by atoms with Crippen LogP contribution in [0.5, 0.6) is 0 Å². The number of hydrogen-bond acceptors (Lipinski definition) is 0. The largest absolute Gasteiger partial charge is 0.106 e. The van der Waals surface area contributed by atoms with Crippen molar-refractivity contribution in [3.63, 3.8) is 0 Å². The first-order valence-corrected chi connectivity index (χ1v) is 9.71. The summed E-state index contributed by atoms with van der Waals surface area (Å²) in [7, 11) is 0. The maximum Gasteiger partial charge on any atom is -0.0263 e. The van der Waals surface area contributed by atoms with Crippen LogP contribution in [0.3, 0.4) is 0 Å². The summed E-state index contributed by atoms with van der Waals surface area (Å²) in [6.45, 7) is 17.6. The predicted molar refractivity (Wildman–Crippen MR) is 127 cm³/mol. The van der Waals surface area contributed by atoms with Gasteiger partial charge in [-0.2, -0.15) is 0 Å². The van der Waals surface area contributed by atoms with E-state index in [0.29, 0.717) is 0 Å². The fourth-order valence-corrected chi connectivity index (χ4v) is 2.00. The van der Waals surface area contributed by atoms with E-state index >= 15 is 0 Å². The van der Waals surface area contributed by atoms with Gasteiger partial charge in [-0.15, -0.1) is 13.2 Å². The van der Waals surface area contributed by atoms with Gasteiger partial charge in [-0.25, -0.2) is 0 Å². The molecule has 0 aromatic heterocycles. The number of hydrogen-bond donors (Lipinski definition) is 0. The summed E-state index contributed by atoms with van der Waals surface area (Å²) in [4.78, 5) is 0. The molecule has 0 nitrogen and oxygen atoms in total. The minimum Gasteiger partial charge on any atom is -0.106 e. The maximum absolute atomic E-state index is 3.63. The quantitative estimate of drug-likeness (QED) is 0.262. The maximum atomic E-state index is 3.63. The first kappa shape index (κ1) is 26.6. The van der Waals surface area contributed by atoms with Crippen LogP contribution in [-0.2, 0) is 0 Å². The van der Waals surface area contributed by atoms with Gasteiger partial charge in [0.05, 0.1) is 0 Å². The second-order valence-electron chi connectivity index (χ2n) is 5.78. The zero-order chi connectivity index (χ0) is 20.6. The van der Waals surface area contributed by atoms with Crippen molar-refractivity contribution in [1.29, 1.82) is 0 Å². The van der Waals surface area contributed by atoms with Crippen LogP contribution < -0.4 is 0 Å². The lowest BCUT2D eigenvalue weighted by atomic mass is 10.1. The molecule has 0 fully saturated rings. The molecule has 0 radical (unpaired) electrons. The van der Waals surface area contributed by atoms with Crippen molar-refractivity contribution in [2.45, 2.75) is 46.0 Å². The Labute approximate surface area is 168 Å². The molecular weight excluding hydrogens is 324 g/mol. The van der Waals surface area contributed by atoms with Crippen molar-refractivity contribution < 1.29 is 0 Å². The molecule has 0 saturated heterocycles. The summed E-state index contributed by atoms with van der Waals surface area (Å²) >= 11 is 0. The SMILES string of the molecule is C=C.C=C/C=C/CCCCCC.C=Cc1ccccc1.Cc1ccccc1. The highest BCUT2D eigenvalue weighted by Gasteiger charge is 1.82. The molecule has 0 aliphatic rings. The molecule has 0 amide bonds. The zero-order valence-corrected chi connectivity index (χ0v) is 17.4. The topological polar surface area (TPSA) is 0 Å². The molecule has 0 atom stereocenters. The molecule has 0 aliphatic carbocycles. The first-order chi connectivity index (χ1) is 13.2. The molecule has 2 aromatic carbocycles. The van der Waals surface area contributed by atoms with Gasteiger partial charge >= 0.3 is 0 Å². The highest BCUT2D eigenvalue weighted by atomic mass is 13.9. The number of unbranched alkanes of at least 4 members (excludes halogenated alkanes) is 4. The Morgan fingerprint density at radius 1 is 0.778 bits per heavy atom. The molecule has 0 saturated carbocycles. The lowest BCUT2D eigenvalue weighted by Gasteiger charge is -1.92. The van der Waals surface area contributed by atoms with Crippen LogP contribution >= 0.6 is 0 Å². The Morgan fingerprint density at radius 3 is 1.70 bits per heavy atom. The predicted octanol–water partition coefficient (Wildman–Crippen LogP) is 8.83. The van der Waals surface area contributed by atoms with Gasteiger partial charge in [-0.3, -0.25) is 0 Å². The molecule has 146 valence electrons. The van der Waals surface area contributed by atoms with E-state index in [9.17, 15) is 0 Å². The van der Waals surface area contributed by atoms with Gasteiger partial charge in [0.25, 0.3) is 0 Å². The monoisotopic (exact) mass is 362 g/mol. The van der Waals surface area contributed by atoms with E-state index in [1.165, 1.54) is 43.2 Å². The molecule has 0 N–H and O–H groups in total. The minimum absolute atomic E-state index is 1.17.